The van der Waals surface area contributed by atoms with Crippen molar-refractivity contribution in [2.24, 2.45) is 0 Å². The summed E-state index contributed by atoms with van der Waals surface area (Å²) in [6, 6.07) is 26.8. The number of hydrogen-bond donors (Lipinski definition) is 0. The van der Waals surface area contributed by atoms with Crippen LogP contribution in [0.1, 0.15) is 16.7 Å². The molecule has 5 nitrogen and oxygen atoms in total. The summed E-state index contributed by atoms with van der Waals surface area (Å²) in [5.74, 6) is 0.703. The van der Waals surface area contributed by atoms with E-state index < -0.39 is 0 Å². The average molecular weight is 516 g/mol. The highest BCUT2D eigenvalue weighted by Gasteiger charge is 2.35. The lowest BCUT2D eigenvalue weighted by Gasteiger charge is -2.14. The van der Waals surface area contributed by atoms with Crippen LogP contribution < -0.4 is 9.47 Å². The molecule has 0 atom stereocenters. The SMILES string of the molecule is COc1cccc(/C=C2\SC(=O)N(Cc3ccc4ccccc4c3)C2=O)c1OCc1ccc(Cl)cc1. The first-order valence-corrected chi connectivity index (χ1v) is 12.5. The smallest absolute Gasteiger partial charge is 0.293 e. The third-order valence-electron chi connectivity index (χ3n) is 5.84. The minimum atomic E-state index is -0.329. The molecule has 1 saturated heterocycles. The monoisotopic (exact) mass is 515 g/mol. The molecule has 1 aliphatic heterocycles. The number of hydrogen-bond acceptors (Lipinski definition) is 5. The molecule has 4 aromatic carbocycles. The van der Waals surface area contributed by atoms with Crippen molar-refractivity contribution < 1.29 is 19.1 Å². The summed E-state index contributed by atoms with van der Waals surface area (Å²) in [6.45, 7) is 0.507. The van der Waals surface area contributed by atoms with E-state index in [0.717, 1.165) is 33.7 Å². The van der Waals surface area contributed by atoms with E-state index in [0.29, 0.717) is 33.6 Å². The van der Waals surface area contributed by atoms with Gasteiger partial charge in [-0.2, -0.15) is 0 Å². The molecule has 1 fully saturated rings. The van der Waals surface area contributed by atoms with Crippen molar-refractivity contribution in [2.45, 2.75) is 13.2 Å². The van der Waals surface area contributed by atoms with E-state index in [-0.39, 0.29) is 17.7 Å². The largest absolute Gasteiger partial charge is 0.493 e. The molecule has 180 valence electrons. The second-order valence-electron chi connectivity index (χ2n) is 8.24. The van der Waals surface area contributed by atoms with E-state index in [1.165, 1.54) is 4.90 Å². The molecule has 0 aliphatic carbocycles. The summed E-state index contributed by atoms with van der Waals surface area (Å²) < 4.78 is 11.6. The summed E-state index contributed by atoms with van der Waals surface area (Å²) in [4.78, 5) is 27.6. The highest BCUT2D eigenvalue weighted by molar-refractivity contribution is 8.18. The van der Waals surface area contributed by atoms with E-state index in [9.17, 15) is 9.59 Å². The zero-order valence-corrected chi connectivity index (χ0v) is 21.0. The fraction of sp³-hybridized carbons (Fsp3) is 0.103. The number of benzene rings is 4. The second-order valence-corrected chi connectivity index (χ2v) is 9.67. The number of amides is 2. The van der Waals surface area contributed by atoms with Gasteiger partial charge in [-0.1, -0.05) is 72.3 Å². The van der Waals surface area contributed by atoms with Gasteiger partial charge in [0.2, 0.25) is 0 Å². The van der Waals surface area contributed by atoms with Crippen LogP contribution in [-0.2, 0) is 17.9 Å². The number of ether oxygens (including phenoxy) is 2. The summed E-state index contributed by atoms with van der Waals surface area (Å²) in [7, 11) is 1.56. The summed E-state index contributed by atoms with van der Waals surface area (Å²) in [6.07, 6.45) is 1.69. The van der Waals surface area contributed by atoms with Gasteiger partial charge in [-0.25, -0.2) is 0 Å². The molecule has 0 radical (unpaired) electrons. The minimum Gasteiger partial charge on any atom is -0.493 e. The van der Waals surface area contributed by atoms with Gasteiger partial charge >= 0.3 is 0 Å². The predicted molar refractivity (Wildman–Crippen MR) is 144 cm³/mol. The van der Waals surface area contributed by atoms with Gasteiger partial charge in [-0.15, -0.1) is 0 Å². The minimum absolute atomic E-state index is 0.213. The van der Waals surface area contributed by atoms with E-state index in [1.54, 1.807) is 31.4 Å². The van der Waals surface area contributed by atoms with Crippen molar-refractivity contribution in [2.75, 3.05) is 7.11 Å². The molecule has 7 heteroatoms. The molecule has 2 amide bonds. The Labute approximate surface area is 218 Å². The molecular weight excluding hydrogens is 494 g/mol. The normalized spacial score (nSPS) is 14.6. The molecule has 1 heterocycles. The molecule has 0 saturated carbocycles. The van der Waals surface area contributed by atoms with Gasteiger partial charge in [0.15, 0.2) is 11.5 Å². The molecule has 0 bridgehead atoms. The maximum atomic E-state index is 13.2. The molecule has 36 heavy (non-hydrogen) atoms. The van der Waals surface area contributed by atoms with Crippen molar-refractivity contribution in [1.82, 2.24) is 4.90 Å². The van der Waals surface area contributed by atoms with Gasteiger partial charge in [0.1, 0.15) is 6.61 Å². The van der Waals surface area contributed by atoms with Crippen molar-refractivity contribution in [1.29, 1.82) is 0 Å². The zero-order valence-electron chi connectivity index (χ0n) is 19.4. The molecular formula is C29H22ClNO4S. The highest BCUT2D eigenvalue weighted by Crippen LogP contribution is 2.38. The van der Waals surface area contributed by atoms with Crippen LogP contribution in [0.5, 0.6) is 11.5 Å². The van der Waals surface area contributed by atoms with Gasteiger partial charge in [-0.3, -0.25) is 14.5 Å². The third-order valence-corrected chi connectivity index (χ3v) is 7.00. The first-order valence-electron chi connectivity index (χ1n) is 11.3. The number of methoxy groups -OCH3 is 1. The molecule has 4 aromatic rings. The van der Waals surface area contributed by atoms with Crippen LogP contribution in [0.4, 0.5) is 4.79 Å². The van der Waals surface area contributed by atoms with Crippen molar-refractivity contribution in [3.63, 3.8) is 0 Å². The molecule has 0 spiro atoms. The Morgan fingerprint density at radius 3 is 2.42 bits per heavy atom. The number of rotatable bonds is 7. The molecule has 0 aromatic heterocycles. The lowest BCUT2D eigenvalue weighted by atomic mass is 10.1. The van der Waals surface area contributed by atoms with Gasteiger partial charge in [0.05, 0.1) is 18.6 Å². The standard InChI is InChI=1S/C29H22ClNO4S/c1-34-25-8-4-7-23(27(25)35-18-19-10-13-24(30)14-11-19)16-26-28(32)31(29(33)36-26)17-20-9-12-21-5-2-3-6-22(21)15-20/h2-16H,17-18H2,1H3/b26-16-. The Morgan fingerprint density at radius 1 is 0.889 bits per heavy atom. The Morgan fingerprint density at radius 2 is 1.64 bits per heavy atom. The van der Waals surface area contributed by atoms with Crippen LogP contribution in [0, 0.1) is 0 Å². The Hall–Kier alpha value is -3.74. The maximum absolute atomic E-state index is 13.2. The van der Waals surface area contributed by atoms with Gasteiger partial charge in [0.25, 0.3) is 11.1 Å². The quantitative estimate of drug-likeness (QED) is 0.241. The number of carbonyl (C=O) groups is 2. The van der Waals surface area contributed by atoms with Crippen molar-refractivity contribution >= 4 is 51.4 Å². The molecule has 5 rings (SSSR count). The average Bonchev–Trinajstić information content (AvgIpc) is 3.16. The van der Waals surface area contributed by atoms with Crippen molar-refractivity contribution in [3.8, 4) is 11.5 Å². The van der Waals surface area contributed by atoms with Crippen LogP contribution in [0.2, 0.25) is 5.02 Å². The van der Waals surface area contributed by atoms with Gasteiger partial charge in [-0.05, 0) is 64.0 Å². The maximum Gasteiger partial charge on any atom is 0.293 e. The summed E-state index contributed by atoms with van der Waals surface area (Å²) in [5.41, 5.74) is 2.48. The topological polar surface area (TPSA) is 55.8 Å². The van der Waals surface area contributed by atoms with E-state index in [4.69, 9.17) is 21.1 Å². The predicted octanol–water partition coefficient (Wildman–Crippen LogP) is 7.32. The number of thioether (sulfide) groups is 1. The number of nitrogens with zero attached hydrogens (tertiary/aromatic N) is 1. The Kier molecular flexibility index (Phi) is 6.98. The highest BCUT2D eigenvalue weighted by atomic mass is 35.5. The number of halogens is 1. The third kappa shape index (κ3) is 5.10. The molecule has 0 N–H and O–H groups in total. The second kappa shape index (κ2) is 10.5. The van der Waals surface area contributed by atoms with E-state index in [1.807, 2.05) is 66.7 Å². The van der Waals surface area contributed by atoms with Crippen LogP contribution >= 0.6 is 23.4 Å². The van der Waals surface area contributed by atoms with Crippen LogP contribution in [0.15, 0.2) is 89.8 Å². The molecule has 1 aliphatic rings. The number of fused-ring (bicyclic) bond motifs is 1. The van der Waals surface area contributed by atoms with Gasteiger partial charge in [0, 0.05) is 10.6 Å². The van der Waals surface area contributed by atoms with Crippen LogP contribution in [0.3, 0.4) is 0 Å². The summed E-state index contributed by atoms with van der Waals surface area (Å²) >= 11 is 6.90. The lowest BCUT2D eigenvalue weighted by Crippen LogP contribution is -2.27. The summed E-state index contributed by atoms with van der Waals surface area (Å²) in [5, 5.41) is 2.53. The number of imide groups is 1. The van der Waals surface area contributed by atoms with E-state index >= 15 is 0 Å². The van der Waals surface area contributed by atoms with E-state index in [2.05, 4.69) is 0 Å². The fourth-order valence-electron chi connectivity index (χ4n) is 4.00. The Balaban J connectivity index is 1.38. The zero-order chi connectivity index (χ0) is 25.1. The number of carbonyl (C=O) groups excluding carboxylic acids is 2. The Bertz CT molecular complexity index is 1480. The fourth-order valence-corrected chi connectivity index (χ4v) is 4.95. The first-order chi connectivity index (χ1) is 17.5. The lowest BCUT2D eigenvalue weighted by molar-refractivity contribution is -0.123. The van der Waals surface area contributed by atoms with Crippen molar-refractivity contribution in [3.05, 3.63) is 112 Å². The number of para-hydroxylation sites is 1. The van der Waals surface area contributed by atoms with Gasteiger partial charge < -0.3 is 9.47 Å². The molecule has 0 unspecified atom stereocenters. The van der Waals surface area contributed by atoms with Crippen LogP contribution in [-0.4, -0.2) is 23.2 Å². The van der Waals surface area contributed by atoms with Crippen LogP contribution in [0.25, 0.3) is 16.8 Å². The first kappa shape index (κ1) is 24.0.